The summed E-state index contributed by atoms with van der Waals surface area (Å²) in [5.41, 5.74) is 0.672. The van der Waals surface area contributed by atoms with Crippen molar-refractivity contribution < 1.29 is 0 Å². The van der Waals surface area contributed by atoms with Crippen LogP contribution in [0.5, 0.6) is 0 Å². The van der Waals surface area contributed by atoms with E-state index in [1.54, 1.807) is 0 Å². The lowest BCUT2D eigenvalue weighted by Crippen LogP contribution is -2.55. The van der Waals surface area contributed by atoms with E-state index in [9.17, 15) is 0 Å². The molecule has 0 aromatic heterocycles. The monoisotopic (exact) mass is 241 g/mol. The van der Waals surface area contributed by atoms with Crippen LogP contribution in [0.2, 0.25) is 0 Å². The highest BCUT2D eigenvalue weighted by molar-refractivity contribution is 4.93. The summed E-state index contributed by atoms with van der Waals surface area (Å²) in [5, 5.41) is 4.01. The molecule has 0 spiro atoms. The largest absolute Gasteiger partial charge is 0.306 e. The smallest absolute Gasteiger partial charge is 0.0158 e. The van der Waals surface area contributed by atoms with Crippen molar-refractivity contribution in [3.63, 3.8) is 0 Å². The summed E-state index contributed by atoms with van der Waals surface area (Å²) in [5.74, 6) is 0. The Bertz CT molecular complexity index is 154. The van der Waals surface area contributed by atoms with E-state index in [1.165, 1.54) is 51.4 Å². The average molecular weight is 241 g/mol. The summed E-state index contributed by atoms with van der Waals surface area (Å²) in [6, 6.07) is 0. The topological polar surface area (TPSA) is 12.0 Å². The first-order chi connectivity index (χ1) is 7.95. The van der Waals surface area contributed by atoms with Crippen molar-refractivity contribution in [1.82, 2.24) is 5.32 Å². The molecule has 0 aromatic rings. The van der Waals surface area contributed by atoms with Crippen molar-refractivity contribution in [1.29, 1.82) is 0 Å². The molecule has 0 aliphatic carbocycles. The Balaban J connectivity index is 4.65. The van der Waals surface area contributed by atoms with Gasteiger partial charge in [-0.2, -0.15) is 0 Å². The molecule has 0 atom stereocenters. The zero-order valence-corrected chi connectivity index (χ0v) is 13.2. The van der Waals surface area contributed by atoms with Gasteiger partial charge < -0.3 is 5.32 Å². The van der Waals surface area contributed by atoms with Gasteiger partial charge in [-0.1, -0.05) is 53.4 Å². The molecule has 0 amide bonds. The van der Waals surface area contributed by atoms with Gasteiger partial charge in [0.05, 0.1) is 0 Å². The molecule has 1 heteroatoms. The van der Waals surface area contributed by atoms with Crippen molar-refractivity contribution in [3.8, 4) is 0 Å². The average Bonchev–Trinajstić information content (AvgIpc) is 2.17. The maximum atomic E-state index is 4.01. The summed E-state index contributed by atoms with van der Waals surface area (Å²) < 4.78 is 0. The summed E-state index contributed by atoms with van der Waals surface area (Å²) in [7, 11) is 0. The second-order valence-corrected chi connectivity index (χ2v) is 6.25. The fourth-order valence-corrected chi connectivity index (χ4v) is 3.44. The fraction of sp³-hybridized carbons (Fsp3) is 1.00. The molecule has 0 fully saturated rings. The van der Waals surface area contributed by atoms with Gasteiger partial charge in [-0.05, 0) is 39.5 Å². The van der Waals surface area contributed by atoms with Crippen LogP contribution in [0.4, 0.5) is 0 Å². The Labute approximate surface area is 110 Å². The van der Waals surface area contributed by atoms with Crippen molar-refractivity contribution >= 4 is 0 Å². The molecule has 0 bridgehead atoms. The molecule has 0 aliphatic rings. The van der Waals surface area contributed by atoms with E-state index in [1.807, 2.05) is 0 Å². The van der Waals surface area contributed by atoms with E-state index in [0.29, 0.717) is 11.1 Å². The van der Waals surface area contributed by atoms with Crippen molar-refractivity contribution in [2.75, 3.05) is 0 Å². The predicted molar refractivity (Wildman–Crippen MR) is 79.6 cm³/mol. The molecule has 0 heterocycles. The van der Waals surface area contributed by atoms with E-state index >= 15 is 0 Å². The minimum atomic E-state index is 0.336. The molecule has 0 aromatic carbocycles. The van der Waals surface area contributed by atoms with Gasteiger partial charge in [-0.15, -0.1) is 0 Å². The van der Waals surface area contributed by atoms with Crippen molar-refractivity contribution in [2.45, 2.75) is 104 Å². The van der Waals surface area contributed by atoms with Crippen molar-refractivity contribution in [2.24, 2.45) is 0 Å². The summed E-state index contributed by atoms with van der Waals surface area (Å²) in [6.45, 7) is 14.0. The second kappa shape index (κ2) is 8.13. The first-order valence-corrected chi connectivity index (χ1v) is 7.74. The van der Waals surface area contributed by atoms with E-state index in [2.05, 4.69) is 46.9 Å². The summed E-state index contributed by atoms with van der Waals surface area (Å²) >= 11 is 0. The summed E-state index contributed by atoms with van der Waals surface area (Å²) in [4.78, 5) is 0. The van der Waals surface area contributed by atoms with Gasteiger partial charge in [0.2, 0.25) is 0 Å². The lowest BCUT2D eigenvalue weighted by molar-refractivity contribution is 0.183. The number of rotatable bonds is 10. The van der Waals surface area contributed by atoms with Crippen LogP contribution in [-0.4, -0.2) is 11.1 Å². The molecular formula is C16H35N. The van der Waals surface area contributed by atoms with Gasteiger partial charge in [0.15, 0.2) is 0 Å². The second-order valence-electron chi connectivity index (χ2n) is 6.25. The van der Waals surface area contributed by atoms with E-state index in [-0.39, 0.29) is 0 Å². The van der Waals surface area contributed by atoms with Crippen LogP contribution >= 0.6 is 0 Å². The Morgan fingerprint density at radius 2 is 0.824 bits per heavy atom. The summed E-state index contributed by atoms with van der Waals surface area (Å²) in [6.07, 6.45) is 10.3. The Morgan fingerprint density at radius 3 is 1.00 bits per heavy atom. The molecule has 104 valence electrons. The van der Waals surface area contributed by atoms with Gasteiger partial charge in [0.1, 0.15) is 0 Å². The molecule has 0 rings (SSSR count). The van der Waals surface area contributed by atoms with Gasteiger partial charge in [-0.25, -0.2) is 0 Å². The highest BCUT2D eigenvalue weighted by atomic mass is 15.0. The third-order valence-corrected chi connectivity index (χ3v) is 3.81. The van der Waals surface area contributed by atoms with Gasteiger partial charge in [0.25, 0.3) is 0 Å². The van der Waals surface area contributed by atoms with E-state index < -0.39 is 0 Å². The Hall–Kier alpha value is -0.0400. The van der Waals surface area contributed by atoms with E-state index in [0.717, 1.165) is 0 Å². The Kier molecular flexibility index (Phi) is 8.11. The Morgan fingerprint density at radius 1 is 0.588 bits per heavy atom. The van der Waals surface area contributed by atoms with Crippen molar-refractivity contribution in [3.05, 3.63) is 0 Å². The molecule has 0 aliphatic heterocycles. The molecule has 1 nitrogen and oxygen atoms in total. The van der Waals surface area contributed by atoms with E-state index in [4.69, 9.17) is 0 Å². The molecule has 0 unspecified atom stereocenters. The zero-order valence-electron chi connectivity index (χ0n) is 13.2. The minimum absolute atomic E-state index is 0.336. The maximum Gasteiger partial charge on any atom is 0.0158 e. The van der Waals surface area contributed by atoms with Gasteiger partial charge in [-0.3, -0.25) is 0 Å². The van der Waals surface area contributed by atoms with Crippen LogP contribution in [0.25, 0.3) is 0 Å². The minimum Gasteiger partial charge on any atom is -0.306 e. The third kappa shape index (κ3) is 6.45. The molecule has 0 radical (unpaired) electrons. The molecule has 1 N–H and O–H groups in total. The first kappa shape index (κ1) is 17.0. The zero-order chi connectivity index (χ0) is 13.4. The third-order valence-electron chi connectivity index (χ3n) is 3.81. The maximum absolute atomic E-state index is 4.01. The molecule has 17 heavy (non-hydrogen) atoms. The molecule has 0 saturated heterocycles. The van der Waals surface area contributed by atoms with Crippen LogP contribution in [0.3, 0.4) is 0 Å². The highest BCUT2D eigenvalue weighted by Crippen LogP contribution is 2.27. The quantitative estimate of drug-likeness (QED) is 0.547. The standard InChI is InChI=1S/C16H35N/c1-7-11-15(5,12-8-2)17-16(6,13-9-3)14-10-4/h17H,7-14H2,1-6H3. The lowest BCUT2D eigenvalue weighted by Gasteiger charge is -2.42. The highest BCUT2D eigenvalue weighted by Gasteiger charge is 2.31. The number of hydrogen-bond acceptors (Lipinski definition) is 1. The van der Waals surface area contributed by atoms with Crippen LogP contribution in [0, 0.1) is 0 Å². The SMILES string of the molecule is CCCC(C)(CCC)NC(C)(CCC)CCC. The number of hydrogen-bond donors (Lipinski definition) is 1. The number of nitrogens with one attached hydrogen (secondary N) is 1. The fourth-order valence-electron chi connectivity index (χ4n) is 3.44. The molecular weight excluding hydrogens is 206 g/mol. The first-order valence-electron chi connectivity index (χ1n) is 7.74. The van der Waals surface area contributed by atoms with Crippen LogP contribution in [-0.2, 0) is 0 Å². The van der Waals surface area contributed by atoms with Gasteiger partial charge in [0, 0.05) is 11.1 Å². The van der Waals surface area contributed by atoms with Gasteiger partial charge >= 0.3 is 0 Å². The normalized spacial score (nSPS) is 13.1. The lowest BCUT2D eigenvalue weighted by atomic mass is 9.83. The van der Waals surface area contributed by atoms with Crippen LogP contribution in [0.15, 0.2) is 0 Å². The molecule has 0 saturated carbocycles. The van der Waals surface area contributed by atoms with Crippen LogP contribution in [0.1, 0.15) is 92.9 Å². The predicted octanol–water partition coefficient (Wildman–Crippen LogP) is 5.29. The van der Waals surface area contributed by atoms with Crippen LogP contribution < -0.4 is 5.32 Å².